The van der Waals surface area contributed by atoms with Crippen molar-refractivity contribution in [1.29, 1.82) is 0 Å². The number of rotatable bonds is 6. The molecule has 1 aliphatic carbocycles. The van der Waals surface area contributed by atoms with Crippen molar-refractivity contribution in [2.24, 2.45) is 7.05 Å². The molecule has 40 heavy (non-hydrogen) atoms. The normalized spacial score (nSPS) is 15.9. The van der Waals surface area contributed by atoms with Gasteiger partial charge in [0.2, 0.25) is 0 Å². The highest BCUT2D eigenvalue weighted by molar-refractivity contribution is 6.04. The molecule has 0 saturated heterocycles. The maximum Gasteiger partial charge on any atom is 0.352 e. The van der Waals surface area contributed by atoms with E-state index in [2.05, 4.69) is 59.8 Å². The summed E-state index contributed by atoms with van der Waals surface area (Å²) >= 11 is 0. The van der Waals surface area contributed by atoms with Gasteiger partial charge in [-0.2, -0.15) is 5.10 Å². The number of hydrogen-bond donors (Lipinski definition) is 1. The summed E-state index contributed by atoms with van der Waals surface area (Å²) in [6, 6.07) is 12.7. The monoisotopic (exact) mass is 540 g/mol. The number of fused-ring (bicyclic) bond motifs is 3. The van der Waals surface area contributed by atoms with Crippen LogP contribution in [0.15, 0.2) is 36.4 Å². The SMILES string of the molecule is Cc1nn(C)c2c1-c1cccc3c(CCCOc4cccc5c4CCCC5)c(C(=O)O)n(c13)CCCCN(C)C2. The Hall–Kier alpha value is -3.58. The number of nitrogens with zero attached hydrogens (tertiary/aromatic N) is 4. The Morgan fingerprint density at radius 3 is 2.67 bits per heavy atom. The maximum absolute atomic E-state index is 12.8. The van der Waals surface area contributed by atoms with E-state index in [0.717, 1.165) is 84.2 Å². The third-order valence-electron chi connectivity index (χ3n) is 8.77. The van der Waals surface area contributed by atoms with Crippen LogP contribution in [0.1, 0.15) is 70.7 Å². The second kappa shape index (κ2) is 11.1. The Balaban J connectivity index is 1.38. The minimum absolute atomic E-state index is 0.426. The molecule has 0 fully saturated rings. The third-order valence-corrected chi connectivity index (χ3v) is 8.77. The van der Waals surface area contributed by atoms with E-state index in [9.17, 15) is 9.90 Å². The summed E-state index contributed by atoms with van der Waals surface area (Å²) in [7, 11) is 4.16. The zero-order chi connectivity index (χ0) is 27.8. The first-order chi connectivity index (χ1) is 19.4. The van der Waals surface area contributed by atoms with Crippen molar-refractivity contribution >= 4 is 16.9 Å². The fourth-order valence-electron chi connectivity index (χ4n) is 6.94. The number of para-hydroxylation sites is 1. The van der Waals surface area contributed by atoms with Gasteiger partial charge in [-0.3, -0.25) is 4.68 Å². The predicted octanol–water partition coefficient (Wildman–Crippen LogP) is 6.16. The molecule has 4 aromatic rings. The molecule has 7 nitrogen and oxygen atoms in total. The Bertz CT molecular complexity index is 1560. The van der Waals surface area contributed by atoms with Crippen LogP contribution in [-0.4, -0.2) is 50.5 Å². The molecule has 3 heterocycles. The lowest BCUT2D eigenvalue weighted by molar-refractivity contribution is 0.0684. The minimum atomic E-state index is -0.856. The number of aryl methyl sites for hydroxylation is 5. The Kier molecular flexibility index (Phi) is 7.41. The molecule has 2 aliphatic rings. The van der Waals surface area contributed by atoms with Crippen LogP contribution in [0.3, 0.4) is 0 Å². The average Bonchev–Trinajstić information content (AvgIpc) is 3.40. The number of hydrogen-bond acceptors (Lipinski definition) is 4. The molecule has 0 spiro atoms. The molecule has 7 heteroatoms. The number of aromatic nitrogens is 3. The van der Waals surface area contributed by atoms with Crippen LogP contribution in [0.25, 0.3) is 22.0 Å². The summed E-state index contributed by atoms with van der Waals surface area (Å²) < 4.78 is 10.4. The lowest BCUT2D eigenvalue weighted by Crippen LogP contribution is -2.21. The average molecular weight is 541 g/mol. The summed E-state index contributed by atoms with van der Waals surface area (Å²) in [6.45, 7) is 5.08. The van der Waals surface area contributed by atoms with Crippen LogP contribution < -0.4 is 4.74 Å². The van der Waals surface area contributed by atoms with Gasteiger partial charge in [0, 0.05) is 36.7 Å². The van der Waals surface area contributed by atoms with Crippen LogP contribution >= 0.6 is 0 Å². The lowest BCUT2D eigenvalue weighted by Gasteiger charge is -2.19. The number of benzene rings is 2. The molecule has 1 N–H and O–H groups in total. The van der Waals surface area contributed by atoms with E-state index in [-0.39, 0.29) is 0 Å². The summed E-state index contributed by atoms with van der Waals surface area (Å²) in [5, 5.41) is 16.3. The topological polar surface area (TPSA) is 72.5 Å². The van der Waals surface area contributed by atoms with E-state index < -0.39 is 5.97 Å². The minimum Gasteiger partial charge on any atom is -0.493 e. The van der Waals surface area contributed by atoms with E-state index in [1.54, 1.807) is 0 Å². The fourth-order valence-corrected chi connectivity index (χ4v) is 6.94. The molecule has 0 saturated carbocycles. The molecule has 0 bridgehead atoms. The number of carbonyl (C=O) groups is 1. The van der Waals surface area contributed by atoms with Crippen molar-refractivity contribution in [3.63, 3.8) is 0 Å². The molecular weight excluding hydrogens is 500 g/mol. The van der Waals surface area contributed by atoms with Gasteiger partial charge in [-0.05, 0) is 94.6 Å². The summed E-state index contributed by atoms with van der Waals surface area (Å²) in [5.74, 6) is 0.143. The van der Waals surface area contributed by atoms with Crippen LogP contribution in [0, 0.1) is 6.92 Å². The van der Waals surface area contributed by atoms with Crippen LogP contribution in [0.5, 0.6) is 5.75 Å². The summed E-state index contributed by atoms with van der Waals surface area (Å²) in [5.41, 5.74) is 9.48. The zero-order valence-electron chi connectivity index (χ0n) is 24.0. The number of carboxylic acids is 1. The van der Waals surface area contributed by atoms with E-state index in [1.165, 1.54) is 29.7 Å². The zero-order valence-corrected chi connectivity index (χ0v) is 24.0. The Labute approximate surface area is 236 Å². The van der Waals surface area contributed by atoms with Gasteiger partial charge in [0.05, 0.1) is 23.5 Å². The highest BCUT2D eigenvalue weighted by atomic mass is 16.5. The van der Waals surface area contributed by atoms with E-state index >= 15 is 0 Å². The van der Waals surface area contributed by atoms with Crippen molar-refractivity contribution < 1.29 is 14.6 Å². The first kappa shape index (κ1) is 26.6. The molecule has 2 aromatic carbocycles. The summed E-state index contributed by atoms with van der Waals surface area (Å²) in [4.78, 5) is 15.2. The van der Waals surface area contributed by atoms with Crippen LogP contribution in [-0.2, 0) is 39.4 Å². The highest BCUT2D eigenvalue weighted by Gasteiger charge is 2.27. The van der Waals surface area contributed by atoms with Gasteiger partial charge in [-0.25, -0.2) is 4.79 Å². The number of ether oxygens (including phenoxy) is 1. The number of aromatic carboxylic acids is 1. The largest absolute Gasteiger partial charge is 0.493 e. The van der Waals surface area contributed by atoms with Crippen molar-refractivity contribution in [2.75, 3.05) is 20.2 Å². The van der Waals surface area contributed by atoms with E-state index in [0.29, 0.717) is 25.3 Å². The second-order valence-electron chi connectivity index (χ2n) is 11.5. The molecular formula is C33H40N4O3. The highest BCUT2D eigenvalue weighted by Crippen LogP contribution is 2.39. The van der Waals surface area contributed by atoms with Gasteiger partial charge in [-0.15, -0.1) is 0 Å². The van der Waals surface area contributed by atoms with Crippen LogP contribution in [0.4, 0.5) is 0 Å². The first-order valence-corrected chi connectivity index (χ1v) is 14.8. The first-order valence-electron chi connectivity index (χ1n) is 14.8. The summed E-state index contributed by atoms with van der Waals surface area (Å²) in [6.07, 6.45) is 8.02. The Morgan fingerprint density at radius 2 is 1.82 bits per heavy atom. The van der Waals surface area contributed by atoms with Gasteiger partial charge in [-0.1, -0.05) is 30.3 Å². The van der Waals surface area contributed by atoms with Gasteiger partial charge in [0.15, 0.2) is 0 Å². The Morgan fingerprint density at radius 1 is 1.02 bits per heavy atom. The van der Waals surface area contributed by atoms with Gasteiger partial charge >= 0.3 is 5.97 Å². The van der Waals surface area contributed by atoms with Crippen molar-refractivity contribution in [3.8, 4) is 16.9 Å². The standard InChI is InChI=1S/C33H40N4O3/c1-22-30-27-15-9-14-25-26(16-10-20-40-29-17-8-12-23-11-4-5-13-24(23)29)32(33(38)39)37(31(25)27)19-7-6-18-35(2)21-28(30)36(3)34-22/h8-9,12,14-15,17H,4-7,10-11,13,16,18-21H2,1-3H3,(H,38,39). The van der Waals surface area contributed by atoms with E-state index in [1.807, 2.05) is 11.7 Å². The third kappa shape index (κ3) is 4.81. The van der Waals surface area contributed by atoms with E-state index in [4.69, 9.17) is 9.84 Å². The molecule has 0 unspecified atom stereocenters. The molecule has 0 amide bonds. The smallest absolute Gasteiger partial charge is 0.352 e. The molecule has 0 atom stereocenters. The molecule has 1 aliphatic heterocycles. The number of carboxylic acid groups (broad SMARTS) is 1. The second-order valence-corrected chi connectivity index (χ2v) is 11.5. The maximum atomic E-state index is 12.8. The molecule has 0 radical (unpaired) electrons. The molecule has 2 aromatic heterocycles. The lowest BCUT2D eigenvalue weighted by atomic mass is 9.91. The van der Waals surface area contributed by atoms with Gasteiger partial charge in [0.1, 0.15) is 11.4 Å². The van der Waals surface area contributed by atoms with Crippen molar-refractivity contribution in [3.05, 3.63) is 70.2 Å². The van der Waals surface area contributed by atoms with Gasteiger partial charge in [0.25, 0.3) is 0 Å². The van der Waals surface area contributed by atoms with Crippen molar-refractivity contribution in [2.45, 2.75) is 71.4 Å². The fraction of sp³-hybridized carbons (Fsp3) is 0.455. The molecule has 6 rings (SSSR count). The predicted molar refractivity (Wildman–Crippen MR) is 158 cm³/mol. The van der Waals surface area contributed by atoms with Gasteiger partial charge < -0.3 is 19.3 Å². The quantitative estimate of drug-likeness (QED) is 0.296. The van der Waals surface area contributed by atoms with Crippen LogP contribution in [0.2, 0.25) is 0 Å². The van der Waals surface area contributed by atoms with Crippen molar-refractivity contribution in [1.82, 2.24) is 19.2 Å². The molecule has 210 valence electrons.